The molecule has 0 spiro atoms. The number of rotatable bonds is 6. The zero-order valence-electron chi connectivity index (χ0n) is 19.6. The standard InChI is InChI=1S/C23H21ClF4N6O3/c1-3-18-30-11(4-5-37-18)9-34-10(2)19(20(33-34)23(26,27)28)32-22(36)13-7-17(21(29)35)31-16-8-15(25)14(24)6-12(13)16/h4,6-7,15H,3,5,8-9H2,1-2H3,(H2,29,35)(H,32,36). The highest BCUT2D eigenvalue weighted by Crippen LogP contribution is 2.37. The van der Waals surface area contributed by atoms with Crippen LogP contribution in [0.5, 0.6) is 0 Å². The third-order valence-electron chi connectivity index (χ3n) is 5.75. The molecule has 2 amide bonds. The van der Waals surface area contributed by atoms with Crippen LogP contribution in [0.15, 0.2) is 27.9 Å². The second kappa shape index (κ2) is 9.96. The molecule has 2 aromatic rings. The van der Waals surface area contributed by atoms with Crippen LogP contribution in [-0.4, -0.2) is 45.3 Å². The summed E-state index contributed by atoms with van der Waals surface area (Å²) >= 11 is 5.91. The van der Waals surface area contributed by atoms with Crippen LogP contribution >= 0.6 is 11.6 Å². The fourth-order valence-corrected chi connectivity index (χ4v) is 4.06. The number of hydrogen-bond acceptors (Lipinski definition) is 6. The number of anilines is 1. The van der Waals surface area contributed by atoms with E-state index in [0.29, 0.717) is 18.0 Å². The Hall–Kier alpha value is -3.74. The van der Waals surface area contributed by atoms with E-state index in [1.165, 1.54) is 6.92 Å². The number of carbonyl (C=O) groups is 2. The maximum atomic E-state index is 14.1. The molecule has 9 nitrogen and oxygen atoms in total. The van der Waals surface area contributed by atoms with Gasteiger partial charge < -0.3 is 15.8 Å². The molecule has 0 saturated carbocycles. The minimum absolute atomic E-state index is 0.0109. The Balaban J connectivity index is 1.74. The molecule has 0 saturated heterocycles. The molecule has 0 bridgehead atoms. The average molecular weight is 541 g/mol. The normalized spacial score (nSPS) is 17.3. The highest BCUT2D eigenvalue weighted by atomic mass is 35.5. The first-order chi connectivity index (χ1) is 17.4. The third kappa shape index (κ3) is 5.36. The molecule has 14 heteroatoms. The lowest BCUT2D eigenvalue weighted by Crippen LogP contribution is -2.24. The van der Waals surface area contributed by atoms with E-state index in [2.05, 4.69) is 20.4 Å². The fraction of sp³-hybridized carbons (Fsp3) is 0.348. The summed E-state index contributed by atoms with van der Waals surface area (Å²) in [4.78, 5) is 33.2. The van der Waals surface area contributed by atoms with E-state index in [0.717, 1.165) is 16.8 Å². The van der Waals surface area contributed by atoms with Crippen molar-refractivity contribution in [2.75, 3.05) is 11.9 Å². The zero-order chi connectivity index (χ0) is 27.1. The number of nitrogens with zero attached hydrogens (tertiary/aromatic N) is 4. The van der Waals surface area contributed by atoms with Crippen LogP contribution < -0.4 is 11.1 Å². The molecule has 2 aliphatic rings. The first-order valence-corrected chi connectivity index (χ1v) is 11.5. The molecular formula is C23H21ClF4N6O3. The third-order valence-corrected chi connectivity index (χ3v) is 6.10. The van der Waals surface area contributed by atoms with Crippen LogP contribution in [-0.2, 0) is 23.9 Å². The Bertz CT molecular complexity index is 1380. The number of halogens is 5. The first kappa shape index (κ1) is 26.3. The Morgan fingerprint density at radius 2 is 2.08 bits per heavy atom. The molecule has 4 rings (SSSR count). The van der Waals surface area contributed by atoms with Crippen molar-refractivity contribution >= 4 is 41.1 Å². The van der Waals surface area contributed by atoms with Gasteiger partial charge in [-0.25, -0.2) is 14.4 Å². The summed E-state index contributed by atoms with van der Waals surface area (Å²) < 4.78 is 62.2. The molecule has 3 heterocycles. The number of aromatic nitrogens is 3. The molecule has 1 aliphatic heterocycles. The van der Waals surface area contributed by atoms with Crippen molar-refractivity contribution in [3.63, 3.8) is 0 Å². The minimum Gasteiger partial charge on any atom is -0.476 e. The average Bonchev–Trinajstić information content (AvgIpc) is 3.14. The number of hydrogen-bond donors (Lipinski definition) is 2. The van der Waals surface area contributed by atoms with E-state index in [9.17, 15) is 27.2 Å². The SMILES string of the molecule is CCC1=NC(Cn2nc(C(F)(F)F)c(NC(=O)c3cc(C(N)=O)nc4c3C=C(Cl)C(F)C4)c2C)=CCO1. The number of alkyl halides is 4. The lowest BCUT2D eigenvalue weighted by Gasteiger charge is -2.19. The number of fused-ring (bicyclic) bond motifs is 1. The summed E-state index contributed by atoms with van der Waals surface area (Å²) in [5, 5.41) is 5.72. The summed E-state index contributed by atoms with van der Waals surface area (Å²) in [6.45, 7) is 3.32. The van der Waals surface area contributed by atoms with Crippen molar-refractivity contribution in [2.24, 2.45) is 10.7 Å². The Morgan fingerprint density at radius 3 is 2.73 bits per heavy atom. The number of allylic oxidation sites excluding steroid dienone is 2. The van der Waals surface area contributed by atoms with Crippen LogP contribution in [0, 0.1) is 6.92 Å². The smallest absolute Gasteiger partial charge is 0.437 e. The highest BCUT2D eigenvalue weighted by molar-refractivity contribution is 6.32. The fourth-order valence-electron chi connectivity index (χ4n) is 3.87. The molecule has 1 aliphatic carbocycles. The molecule has 0 aromatic carbocycles. The van der Waals surface area contributed by atoms with Gasteiger partial charge in [-0.15, -0.1) is 0 Å². The van der Waals surface area contributed by atoms with Gasteiger partial charge in [-0.05, 0) is 25.1 Å². The molecule has 0 fully saturated rings. The van der Waals surface area contributed by atoms with Crippen LogP contribution in [0.1, 0.15) is 56.8 Å². The van der Waals surface area contributed by atoms with Gasteiger partial charge in [-0.1, -0.05) is 18.5 Å². The van der Waals surface area contributed by atoms with Crippen LogP contribution in [0.2, 0.25) is 0 Å². The number of aliphatic imine (C=N–C) groups is 1. The van der Waals surface area contributed by atoms with Gasteiger partial charge in [0.1, 0.15) is 18.5 Å². The molecule has 2 aromatic heterocycles. The van der Waals surface area contributed by atoms with Gasteiger partial charge in [-0.3, -0.25) is 14.3 Å². The number of nitrogens with one attached hydrogen (secondary N) is 1. The van der Waals surface area contributed by atoms with Crippen molar-refractivity contribution < 1.29 is 31.9 Å². The predicted molar refractivity (Wildman–Crippen MR) is 127 cm³/mol. The van der Waals surface area contributed by atoms with Gasteiger partial charge in [0, 0.05) is 18.4 Å². The molecular weight excluding hydrogens is 520 g/mol. The van der Waals surface area contributed by atoms with E-state index in [1.807, 2.05) is 6.92 Å². The summed E-state index contributed by atoms with van der Waals surface area (Å²) in [5.74, 6) is -1.56. The summed E-state index contributed by atoms with van der Waals surface area (Å²) in [5.41, 5.74) is 3.38. The van der Waals surface area contributed by atoms with E-state index in [1.54, 1.807) is 6.08 Å². The quantitative estimate of drug-likeness (QED) is 0.533. The molecule has 196 valence electrons. The van der Waals surface area contributed by atoms with Crippen LogP contribution in [0.3, 0.4) is 0 Å². The molecule has 3 N–H and O–H groups in total. The topological polar surface area (TPSA) is 124 Å². The maximum Gasteiger partial charge on any atom is 0.437 e. The first-order valence-electron chi connectivity index (χ1n) is 11.1. The Morgan fingerprint density at radius 1 is 1.35 bits per heavy atom. The van der Waals surface area contributed by atoms with Crippen molar-refractivity contribution in [2.45, 2.75) is 45.6 Å². The second-order valence-electron chi connectivity index (χ2n) is 8.26. The zero-order valence-corrected chi connectivity index (χ0v) is 20.4. The summed E-state index contributed by atoms with van der Waals surface area (Å²) in [6, 6.07) is 1.02. The molecule has 1 unspecified atom stereocenters. The lowest BCUT2D eigenvalue weighted by atomic mass is 9.95. The highest BCUT2D eigenvalue weighted by Gasteiger charge is 2.40. The van der Waals surface area contributed by atoms with Crippen LogP contribution in [0.25, 0.3) is 6.08 Å². The van der Waals surface area contributed by atoms with Gasteiger partial charge in [0.05, 0.1) is 39.9 Å². The predicted octanol–water partition coefficient (Wildman–Crippen LogP) is 4.15. The molecule has 37 heavy (non-hydrogen) atoms. The number of ether oxygens (including phenoxy) is 1. The van der Waals surface area contributed by atoms with Gasteiger partial charge in [-0.2, -0.15) is 18.3 Å². The van der Waals surface area contributed by atoms with E-state index in [-0.39, 0.29) is 52.8 Å². The largest absolute Gasteiger partial charge is 0.476 e. The van der Waals surface area contributed by atoms with Crippen molar-refractivity contribution in [3.05, 3.63) is 56.8 Å². The summed E-state index contributed by atoms with van der Waals surface area (Å²) in [7, 11) is 0. The van der Waals surface area contributed by atoms with Crippen molar-refractivity contribution in [1.29, 1.82) is 0 Å². The monoisotopic (exact) mass is 540 g/mol. The van der Waals surface area contributed by atoms with E-state index >= 15 is 0 Å². The van der Waals surface area contributed by atoms with E-state index < -0.39 is 35.5 Å². The van der Waals surface area contributed by atoms with Gasteiger partial charge in [0.25, 0.3) is 11.8 Å². The van der Waals surface area contributed by atoms with Gasteiger partial charge in [0.15, 0.2) is 11.6 Å². The Kier molecular flexibility index (Phi) is 7.09. The number of nitrogens with two attached hydrogens (primary N) is 1. The van der Waals surface area contributed by atoms with Crippen molar-refractivity contribution in [3.8, 4) is 0 Å². The number of pyridine rings is 1. The van der Waals surface area contributed by atoms with Gasteiger partial charge >= 0.3 is 6.18 Å². The number of carbonyl (C=O) groups excluding carboxylic acids is 2. The number of amides is 2. The lowest BCUT2D eigenvalue weighted by molar-refractivity contribution is -0.140. The molecule has 1 atom stereocenters. The van der Waals surface area contributed by atoms with Crippen molar-refractivity contribution in [1.82, 2.24) is 14.8 Å². The summed E-state index contributed by atoms with van der Waals surface area (Å²) in [6.07, 6.45) is -3.57. The maximum absolute atomic E-state index is 14.1. The minimum atomic E-state index is -4.90. The number of primary amides is 1. The van der Waals surface area contributed by atoms with Crippen LogP contribution in [0.4, 0.5) is 23.2 Å². The van der Waals surface area contributed by atoms with Gasteiger partial charge in [0.2, 0.25) is 0 Å². The van der Waals surface area contributed by atoms with E-state index in [4.69, 9.17) is 22.1 Å². The Labute approximate surface area is 213 Å². The second-order valence-corrected chi connectivity index (χ2v) is 8.70. The molecule has 0 radical (unpaired) electrons.